The zero-order valence-electron chi connectivity index (χ0n) is 24.3. The first kappa shape index (κ1) is 34.8. The number of anilines is 2. The van der Waals surface area contributed by atoms with E-state index in [2.05, 4.69) is 29.9 Å². The maximum absolute atomic E-state index is 13.1. The molecule has 7 rings (SSSR count). The van der Waals surface area contributed by atoms with Crippen LogP contribution in [0.4, 0.5) is 11.8 Å². The largest absolute Gasteiger partial charge is 0.756 e. The van der Waals surface area contributed by atoms with Gasteiger partial charge in [-0.1, -0.05) is 0 Å². The maximum Gasteiger partial charge on any atom is 0.280 e. The van der Waals surface area contributed by atoms with E-state index < -0.39 is 83.5 Å². The van der Waals surface area contributed by atoms with Crippen LogP contribution in [-0.4, -0.2) is 99.1 Å². The third kappa shape index (κ3) is 6.14. The van der Waals surface area contributed by atoms with Crippen molar-refractivity contribution in [2.75, 3.05) is 24.7 Å². The van der Waals surface area contributed by atoms with E-state index in [1.165, 1.54) is 10.9 Å². The number of nitrogens with two attached hydrogens (primary N) is 2. The number of hydrogen-bond donors (Lipinski definition) is 7. The maximum atomic E-state index is 13.1. The fraction of sp³-hybridized carbons (Fsp3) is 0.500. The van der Waals surface area contributed by atoms with Crippen LogP contribution in [0.5, 0.6) is 0 Å². The lowest BCUT2D eigenvalue weighted by molar-refractivity contribution is -0.240. The molecule has 0 radical (unpaired) electrons. The van der Waals surface area contributed by atoms with Crippen LogP contribution in [-0.2, 0) is 36.7 Å². The minimum absolute atomic E-state index is 0. The molecule has 0 aromatic carbocycles. The van der Waals surface area contributed by atoms with Crippen molar-refractivity contribution >= 4 is 49.7 Å². The van der Waals surface area contributed by atoms with Crippen LogP contribution in [0.2, 0.25) is 0 Å². The van der Waals surface area contributed by atoms with Crippen LogP contribution in [0.15, 0.2) is 23.8 Å². The van der Waals surface area contributed by atoms with E-state index in [0.29, 0.717) is 0 Å². The molecule has 15 N–H and O–H groups in total. The molecule has 10 atom stereocenters. The van der Waals surface area contributed by atoms with Gasteiger partial charge in [-0.2, -0.15) is 4.98 Å². The highest BCUT2D eigenvalue weighted by Gasteiger charge is 2.51. The molecule has 3 aliphatic rings. The highest BCUT2D eigenvalue weighted by Crippen LogP contribution is 2.51. The van der Waals surface area contributed by atoms with Gasteiger partial charge in [0.25, 0.3) is 21.2 Å². The molecule has 4 aromatic heterocycles. The molecule has 47 heavy (non-hydrogen) atoms. The first-order chi connectivity index (χ1) is 21.3. The average Bonchev–Trinajstić information content (AvgIpc) is 3.72. The third-order valence-electron chi connectivity index (χ3n) is 7.30. The lowest BCUT2D eigenvalue weighted by Gasteiger charge is -2.32. The first-order valence-corrected chi connectivity index (χ1v) is 15.8. The first-order valence-electron chi connectivity index (χ1n) is 12.9. The summed E-state index contributed by atoms with van der Waals surface area (Å²) in [6.07, 6.45) is -9.85. The predicted octanol–water partition coefficient (Wildman–Crippen LogP) is -2.85. The number of phosphoric ester groups is 2. The van der Waals surface area contributed by atoms with Gasteiger partial charge in [-0.05, 0) is 0 Å². The number of aromatic nitrogens is 8. The number of rotatable bonds is 2. The summed E-state index contributed by atoms with van der Waals surface area (Å²) >= 11 is 0. The monoisotopic (exact) mass is 708 g/mol. The van der Waals surface area contributed by atoms with Crippen molar-refractivity contribution in [2.45, 2.75) is 49.1 Å². The minimum Gasteiger partial charge on any atom is -0.756 e. The van der Waals surface area contributed by atoms with Gasteiger partial charge in [0.1, 0.15) is 48.5 Å². The van der Waals surface area contributed by atoms with E-state index in [1.807, 2.05) is 0 Å². The van der Waals surface area contributed by atoms with Gasteiger partial charge in [-0.3, -0.25) is 28.0 Å². The molecular weight excluding hydrogens is 678 g/mol. The zero-order valence-corrected chi connectivity index (χ0v) is 26.1. The van der Waals surface area contributed by atoms with Crippen molar-refractivity contribution in [1.29, 1.82) is 0 Å². The summed E-state index contributed by atoms with van der Waals surface area (Å²) in [5.74, 6) is -0.289. The van der Waals surface area contributed by atoms with Crippen LogP contribution < -0.4 is 39.1 Å². The number of nitrogens with zero attached hydrogens (tertiary/aromatic N) is 7. The molecule has 3 saturated heterocycles. The number of nitrogen functional groups attached to an aromatic ring is 2. The summed E-state index contributed by atoms with van der Waals surface area (Å²) in [7, 11) is -10.7. The van der Waals surface area contributed by atoms with E-state index in [0.717, 1.165) is 17.2 Å². The van der Waals surface area contributed by atoms with Gasteiger partial charge >= 0.3 is 0 Å². The number of ether oxygens (including phenoxy) is 2. The molecule has 25 nitrogen and oxygen atoms in total. The predicted molar refractivity (Wildman–Crippen MR) is 151 cm³/mol. The second-order valence-corrected chi connectivity index (χ2v) is 12.8. The quantitative estimate of drug-likeness (QED) is 0.103. The summed E-state index contributed by atoms with van der Waals surface area (Å²) in [6, 6.07) is 0. The Morgan fingerprint density at radius 3 is 2.13 bits per heavy atom. The number of aromatic amines is 1. The van der Waals surface area contributed by atoms with Crippen molar-refractivity contribution in [2.24, 2.45) is 0 Å². The fourth-order valence-electron chi connectivity index (χ4n) is 5.28. The van der Waals surface area contributed by atoms with E-state index >= 15 is 0 Å². The van der Waals surface area contributed by atoms with Gasteiger partial charge in [-0.15, -0.1) is 0 Å². The fourth-order valence-corrected chi connectivity index (χ4v) is 7.15. The number of H-pyrrole nitrogens is 1. The average molecular weight is 708 g/mol. The molecule has 0 amide bonds. The molecule has 0 spiro atoms. The van der Waals surface area contributed by atoms with Crippen molar-refractivity contribution in [3.05, 3.63) is 29.3 Å². The molecule has 4 aromatic rings. The van der Waals surface area contributed by atoms with E-state index in [-0.39, 0.29) is 46.4 Å². The second kappa shape index (κ2) is 12.5. The Balaban J connectivity index is 0.00000217. The molecule has 258 valence electrons. The number of hydrogen-bond acceptors (Lipinski definition) is 20. The number of phosphoric acid groups is 2. The molecule has 2 unspecified atom stereocenters. The molecule has 0 aliphatic carbocycles. The summed E-state index contributed by atoms with van der Waals surface area (Å²) in [5, 5.41) is 22.0. The molecule has 7 heterocycles. The normalized spacial score (nSPS) is 36.1. The lowest BCUT2D eigenvalue weighted by Crippen LogP contribution is -2.37. The van der Waals surface area contributed by atoms with Crippen molar-refractivity contribution in [3.8, 4) is 0 Å². The number of quaternary nitrogens is 2. The summed E-state index contributed by atoms with van der Waals surface area (Å²) in [5.41, 5.74) is 10.6. The minimum atomic E-state index is -5.38. The van der Waals surface area contributed by atoms with Crippen molar-refractivity contribution in [1.82, 2.24) is 51.3 Å². The zero-order chi connectivity index (χ0) is 31.8. The Bertz CT molecular complexity index is 1940. The summed E-state index contributed by atoms with van der Waals surface area (Å²) < 4.78 is 60.1. The molecular formula is C20H30N12O13P2. The SMILES string of the molecule is Nc1nc2c(ncn2[C@@H]2O[C@@H]3COP(=O)([O-])O[C@H]4[C@@H](O)[C@H](n5cnc6c(N)ncnc65)O[C@@H]4COP(=O)([O-])O[C@@H]2[C@@H]3O)c(=O)[nH]1.[NH4+].[NH4+]. The van der Waals surface area contributed by atoms with E-state index in [1.54, 1.807) is 0 Å². The van der Waals surface area contributed by atoms with Crippen molar-refractivity contribution < 1.29 is 56.7 Å². The molecule has 27 heteroatoms. The Hall–Kier alpha value is -3.52. The third-order valence-corrected chi connectivity index (χ3v) is 9.24. The summed E-state index contributed by atoms with van der Waals surface area (Å²) in [6.45, 7) is -1.83. The smallest absolute Gasteiger partial charge is 0.280 e. The Morgan fingerprint density at radius 2 is 1.43 bits per heavy atom. The van der Waals surface area contributed by atoms with Crippen LogP contribution in [0.3, 0.4) is 0 Å². The number of nitrogens with one attached hydrogen (secondary N) is 1. The Kier molecular flexibility index (Phi) is 9.25. The van der Waals surface area contributed by atoms with Crippen LogP contribution in [0.25, 0.3) is 22.3 Å². The van der Waals surface area contributed by atoms with Gasteiger partial charge in [0, 0.05) is 0 Å². The number of aliphatic hydroxyl groups excluding tert-OH is 2. The number of imidazole rings is 2. The standard InChI is InChI=1S/C20H24N10O13P2.2H3N/c21-14-8-15(24-3-23-14)29(4-25-8)18-11(32)12-7(41-18)2-39-45(36,37)43-13-10(31)6(1-38-44(34,35)42-12)40-19(13)30-5-26-9-16(30)27-20(22)28-17(9)33;;/h3-7,10-13,18-19,31-32H,1-2H2,(H,34,35)(H,36,37)(H2,21,23,24)(H3,22,27,28,33);2*1H3/t6-,7-,10-,11-,12-,13-,18-,19-;;/m1../s1. The van der Waals surface area contributed by atoms with Gasteiger partial charge in [0.05, 0.1) is 25.9 Å². The second-order valence-electron chi connectivity index (χ2n) is 10.1. The van der Waals surface area contributed by atoms with Crippen LogP contribution in [0.1, 0.15) is 12.5 Å². The van der Waals surface area contributed by atoms with Crippen LogP contribution >= 0.6 is 15.6 Å². The van der Waals surface area contributed by atoms with Gasteiger partial charge in [0.2, 0.25) is 5.95 Å². The van der Waals surface area contributed by atoms with Crippen molar-refractivity contribution in [3.63, 3.8) is 0 Å². The molecule has 2 bridgehead atoms. The topological polar surface area (TPSA) is 408 Å². The number of fused-ring (bicyclic) bond motifs is 5. The van der Waals surface area contributed by atoms with Gasteiger partial charge in [-0.25, -0.2) is 19.9 Å². The summed E-state index contributed by atoms with van der Waals surface area (Å²) in [4.78, 5) is 60.4. The molecule has 3 aliphatic heterocycles. The van der Waals surface area contributed by atoms with Gasteiger partial charge in [0.15, 0.2) is 35.1 Å². The highest BCUT2D eigenvalue weighted by atomic mass is 31.2. The molecule has 3 fully saturated rings. The van der Waals surface area contributed by atoms with E-state index in [4.69, 9.17) is 39.0 Å². The van der Waals surface area contributed by atoms with Gasteiger partial charge < -0.3 is 71.3 Å². The Morgan fingerprint density at radius 1 is 0.830 bits per heavy atom. The molecule has 0 saturated carbocycles. The van der Waals surface area contributed by atoms with E-state index in [9.17, 15) is 33.9 Å². The Labute approximate surface area is 261 Å². The van der Waals surface area contributed by atoms with Crippen LogP contribution in [0, 0.1) is 0 Å². The lowest BCUT2D eigenvalue weighted by atomic mass is 10.1. The number of aliphatic hydroxyl groups is 2. The highest BCUT2D eigenvalue weighted by molar-refractivity contribution is 7.46.